The summed E-state index contributed by atoms with van der Waals surface area (Å²) in [5.74, 6) is 0.0265. The van der Waals surface area contributed by atoms with Crippen LogP contribution in [0.2, 0.25) is 0 Å². The van der Waals surface area contributed by atoms with Crippen LogP contribution in [0.15, 0.2) is 28.7 Å². The van der Waals surface area contributed by atoms with Crippen LogP contribution in [0.25, 0.3) is 0 Å². The van der Waals surface area contributed by atoms with Crippen molar-refractivity contribution in [2.75, 3.05) is 5.32 Å². The maximum Gasteiger partial charge on any atom is 0.236 e. The number of benzene rings is 1. The van der Waals surface area contributed by atoms with Crippen molar-refractivity contribution in [1.82, 2.24) is 10.2 Å². The summed E-state index contributed by atoms with van der Waals surface area (Å²) in [6, 6.07) is 7.97. The first-order valence-electron chi connectivity index (χ1n) is 6.54. The van der Waals surface area contributed by atoms with Gasteiger partial charge >= 0.3 is 0 Å². The Balaban J connectivity index is 1.77. The van der Waals surface area contributed by atoms with Crippen molar-refractivity contribution in [2.24, 2.45) is 0 Å². The third kappa shape index (κ3) is 2.50. The second-order valence-electron chi connectivity index (χ2n) is 4.90. The van der Waals surface area contributed by atoms with E-state index < -0.39 is 0 Å². The van der Waals surface area contributed by atoms with E-state index in [-0.39, 0.29) is 11.3 Å². The molecule has 1 aromatic heterocycles. The Kier molecular flexibility index (Phi) is 3.60. The van der Waals surface area contributed by atoms with Gasteiger partial charge in [0.25, 0.3) is 0 Å². The van der Waals surface area contributed by atoms with Gasteiger partial charge in [0.05, 0.1) is 5.41 Å². The molecule has 0 unspecified atom stereocenters. The van der Waals surface area contributed by atoms with Gasteiger partial charge < -0.3 is 0 Å². The number of amides is 1. The van der Waals surface area contributed by atoms with Crippen LogP contribution in [0.4, 0.5) is 5.13 Å². The first kappa shape index (κ1) is 13.7. The van der Waals surface area contributed by atoms with Gasteiger partial charge in [-0.3, -0.25) is 10.1 Å². The highest BCUT2D eigenvalue weighted by Crippen LogP contribution is 2.49. The lowest BCUT2D eigenvalue weighted by Gasteiger charge is -2.14. The Morgan fingerprint density at radius 1 is 1.35 bits per heavy atom. The number of carbonyl (C=O) groups excluding carboxylic acids is 1. The molecule has 1 amide bonds. The topological polar surface area (TPSA) is 54.9 Å². The molecule has 1 saturated carbocycles. The summed E-state index contributed by atoms with van der Waals surface area (Å²) < 4.78 is 1.02. The van der Waals surface area contributed by atoms with Gasteiger partial charge in [-0.05, 0) is 37.0 Å². The molecule has 0 radical (unpaired) electrons. The molecule has 0 saturated heterocycles. The minimum Gasteiger partial charge on any atom is -0.300 e. The molecule has 20 heavy (non-hydrogen) atoms. The van der Waals surface area contributed by atoms with Crippen molar-refractivity contribution in [1.29, 1.82) is 0 Å². The smallest absolute Gasteiger partial charge is 0.236 e. The first-order chi connectivity index (χ1) is 9.64. The normalized spacial score (nSPS) is 15.9. The lowest BCUT2D eigenvalue weighted by atomic mass is 9.95. The summed E-state index contributed by atoms with van der Waals surface area (Å²) in [6.45, 7) is 2.02. The van der Waals surface area contributed by atoms with Gasteiger partial charge in [-0.2, -0.15) is 0 Å². The van der Waals surface area contributed by atoms with Crippen LogP contribution in [0.5, 0.6) is 0 Å². The molecule has 1 aliphatic rings. The fourth-order valence-corrected chi connectivity index (χ4v) is 3.14. The predicted octanol–water partition coefficient (Wildman–Crippen LogP) is 3.53. The summed E-state index contributed by atoms with van der Waals surface area (Å²) >= 11 is 4.86. The molecule has 0 aliphatic heterocycles. The number of anilines is 1. The Morgan fingerprint density at radius 2 is 2.05 bits per heavy atom. The van der Waals surface area contributed by atoms with Crippen molar-refractivity contribution in [3.8, 4) is 0 Å². The average molecular weight is 352 g/mol. The first-order valence-corrected chi connectivity index (χ1v) is 8.15. The van der Waals surface area contributed by atoms with E-state index in [0.29, 0.717) is 5.13 Å². The van der Waals surface area contributed by atoms with E-state index in [1.54, 1.807) is 0 Å². The fourth-order valence-electron chi connectivity index (χ4n) is 2.20. The predicted molar refractivity (Wildman–Crippen MR) is 83.0 cm³/mol. The van der Waals surface area contributed by atoms with Gasteiger partial charge in [0.15, 0.2) is 0 Å². The maximum atomic E-state index is 12.5. The summed E-state index contributed by atoms with van der Waals surface area (Å²) in [5, 5.41) is 12.5. The monoisotopic (exact) mass is 351 g/mol. The zero-order chi connectivity index (χ0) is 14.2. The summed E-state index contributed by atoms with van der Waals surface area (Å²) in [4.78, 5) is 12.5. The Labute approximate surface area is 129 Å². The number of hydrogen-bond donors (Lipinski definition) is 1. The Bertz CT molecular complexity index is 634. The molecule has 3 rings (SSSR count). The van der Waals surface area contributed by atoms with Crippen LogP contribution in [-0.4, -0.2) is 16.1 Å². The van der Waals surface area contributed by atoms with Crippen LogP contribution in [-0.2, 0) is 16.6 Å². The van der Waals surface area contributed by atoms with E-state index in [2.05, 4.69) is 31.4 Å². The largest absolute Gasteiger partial charge is 0.300 e. The molecule has 1 aromatic carbocycles. The number of halogens is 1. The molecular formula is C14H14BrN3OS. The van der Waals surface area contributed by atoms with Gasteiger partial charge in [0, 0.05) is 4.47 Å². The van der Waals surface area contributed by atoms with E-state index >= 15 is 0 Å². The van der Waals surface area contributed by atoms with Crippen LogP contribution in [0.3, 0.4) is 0 Å². The minimum absolute atomic E-state index is 0.0265. The molecule has 2 aromatic rings. The highest BCUT2D eigenvalue weighted by molar-refractivity contribution is 9.10. The van der Waals surface area contributed by atoms with Gasteiger partial charge in [-0.1, -0.05) is 46.3 Å². The third-order valence-electron chi connectivity index (χ3n) is 3.57. The van der Waals surface area contributed by atoms with Gasteiger partial charge in [0.1, 0.15) is 5.01 Å². The number of aryl methyl sites for hydroxylation is 1. The van der Waals surface area contributed by atoms with Gasteiger partial charge in [-0.15, -0.1) is 10.2 Å². The molecule has 0 spiro atoms. The fraction of sp³-hybridized carbons (Fsp3) is 0.357. The molecule has 1 fully saturated rings. The molecule has 1 N–H and O–H groups in total. The van der Waals surface area contributed by atoms with E-state index in [0.717, 1.165) is 34.3 Å². The highest BCUT2D eigenvalue weighted by Gasteiger charge is 2.51. The summed E-state index contributed by atoms with van der Waals surface area (Å²) in [7, 11) is 0. The van der Waals surface area contributed by atoms with Gasteiger partial charge in [0.2, 0.25) is 11.0 Å². The average Bonchev–Trinajstić information content (AvgIpc) is 3.14. The van der Waals surface area contributed by atoms with Crippen molar-refractivity contribution in [2.45, 2.75) is 31.6 Å². The lowest BCUT2D eigenvalue weighted by Crippen LogP contribution is -2.27. The number of nitrogens with zero attached hydrogens (tertiary/aromatic N) is 2. The molecule has 1 heterocycles. The zero-order valence-electron chi connectivity index (χ0n) is 11.0. The van der Waals surface area contributed by atoms with Gasteiger partial charge in [-0.25, -0.2) is 0 Å². The van der Waals surface area contributed by atoms with E-state index in [1.165, 1.54) is 11.3 Å². The SMILES string of the molecule is CCc1nnc(NC(=O)C2(c3ccc(Br)cc3)CC2)s1. The molecule has 0 bridgehead atoms. The number of carbonyl (C=O) groups is 1. The molecular weight excluding hydrogens is 338 g/mol. The second-order valence-corrected chi connectivity index (χ2v) is 6.88. The Hall–Kier alpha value is -1.27. The molecule has 104 valence electrons. The van der Waals surface area contributed by atoms with Crippen LogP contribution in [0, 0.1) is 0 Å². The summed E-state index contributed by atoms with van der Waals surface area (Å²) in [6.07, 6.45) is 2.62. The number of nitrogens with one attached hydrogen (secondary N) is 1. The molecule has 1 aliphatic carbocycles. The standard InChI is InChI=1S/C14H14BrN3OS/c1-2-11-17-18-13(20-11)16-12(19)14(7-8-14)9-3-5-10(15)6-4-9/h3-6H,2,7-8H2,1H3,(H,16,18,19). The van der Waals surface area contributed by atoms with Crippen LogP contribution >= 0.6 is 27.3 Å². The van der Waals surface area contributed by atoms with E-state index in [9.17, 15) is 4.79 Å². The van der Waals surface area contributed by atoms with Crippen molar-refractivity contribution >= 4 is 38.3 Å². The maximum absolute atomic E-state index is 12.5. The number of rotatable bonds is 4. The summed E-state index contributed by atoms with van der Waals surface area (Å²) in [5.41, 5.74) is 0.692. The molecule has 6 heteroatoms. The van der Waals surface area contributed by atoms with Crippen molar-refractivity contribution in [3.63, 3.8) is 0 Å². The highest BCUT2D eigenvalue weighted by atomic mass is 79.9. The minimum atomic E-state index is -0.376. The number of aromatic nitrogens is 2. The van der Waals surface area contributed by atoms with E-state index in [4.69, 9.17) is 0 Å². The number of hydrogen-bond acceptors (Lipinski definition) is 4. The third-order valence-corrected chi connectivity index (χ3v) is 5.08. The van der Waals surface area contributed by atoms with E-state index in [1.807, 2.05) is 31.2 Å². The van der Waals surface area contributed by atoms with Crippen molar-refractivity contribution in [3.05, 3.63) is 39.3 Å². The van der Waals surface area contributed by atoms with Crippen LogP contribution in [0.1, 0.15) is 30.3 Å². The Morgan fingerprint density at radius 3 is 2.60 bits per heavy atom. The quantitative estimate of drug-likeness (QED) is 0.916. The molecule has 0 atom stereocenters. The zero-order valence-corrected chi connectivity index (χ0v) is 13.4. The second kappa shape index (κ2) is 5.26. The van der Waals surface area contributed by atoms with Crippen molar-refractivity contribution < 1.29 is 4.79 Å². The molecule has 4 nitrogen and oxygen atoms in total. The van der Waals surface area contributed by atoms with Crippen LogP contribution < -0.4 is 5.32 Å². The lowest BCUT2D eigenvalue weighted by molar-refractivity contribution is -0.118.